The van der Waals surface area contributed by atoms with Crippen molar-refractivity contribution in [3.05, 3.63) is 53.5 Å². The maximum absolute atomic E-state index is 12.9. The molecule has 8 nitrogen and oxygen atoms in total. The van der Waals surface area contributed by atoms with Gasteiger partial charge in [0.05, 0.1) is 18.0 Å². The zero-order chi connectivity index (χ0) is 21.0. The monoisotopic (exact) mass is 394 g/mol. The molecule has 1 N–H and O–H groups in total. The van der Waals surface area contributed by atoms with E-state index >= 15 is 0 Å². The van der Waals surface area contributed by atoms with E-state index in [9.17, 15) is 4.79 Å². The van der Waals surface area contributed by atoms with Gasteiger partial charge >= 0.3 is 0 Å². The molecule has 2 heterocycles. The van der Waals surface area contributed by atoms with E-state index in [1.807, 2.05) is 52.0 Å². The molecule has 0 bridgehead atoms. The summed E-state index contributed by atoms with van der Waals surface area (Å²) < 4.78 is 6.78. The molecular weight excluding hydrogens is 368 g/mol. The highest BCUT2D eigenvalue weighted by Crippen LogP contribution is 2.24. The van der Waals surface area contributed by atoms with Crippen LogP contribution in [0.25, 0.3) is 16.9 Å². The Morgan fingerprint density at radius 2 is 2.00 bits per heavy atom. The SMILES string of the molecule is COC[C@@H](C)NC(=O)c1cc(-c2ccc(C)cn2)cc(-n2nnnc2C(C)C)c1. The van der Waals surface area contributed by atoms with Crippen molar-refractivity contribution in [1.29, 1.82) is 0 Å². The van der Waals surface area contributed by atoms with Gasteiger partial charge in [0.15, 0.2) is 5.82 Å². The molecule has 0 aliphatic heterocycles. The van der Waals surface area contributed by atoms with Gasteiger partial charge in [-0.3, -0.25) is 9.78 Å². The summed E-state index contributed by atoms with van der Waals surface area (Å²) in [6.07, 6.45) is 1.80. The highest BCUT2D eigenvalue weighted by molar-refractivity contribution is 5.96. The summed E-state index contributed by atoms with van der Waals surface area (Å²) in [6.45, 7) is 8.36. The topological polar surface area (TPSA) is 94.8 Å². The van der Waals surface area contributed by atoms with E-state index in [1.165, 1.54) is 0 Å². The highest BCUT2D eigenvalue weighted by Gasteiger charge is 2.17. The number of benzene rings is 1. The molecule has 2 aromatic heterocycles. The molecule has 8 heteroatoms. The standard InChI is InChI=1S/C21H26N6O2/c1-13(2)20-24-25-26-27(20)18-9-16(19-7-6-14(3)11-22-19)8-17(10-18)21(28)23-15(4)12-29-5/h6-11,13,15H,12H2,1-5H3,(H,23,28)/t15-/m1/s1. The zero-order valence-electron chi connectivity index (χ0n) is 17.4. The van der Waals surface area contributed by atoms with Crippen LogP contribution in [0.15, 0.2) is 36.5 Å². The fourth-order valence-electron chi connectivity index (χ4n) is 2.99. The molecule has 152 valence electrons. The van der Waals surface area contributed by atoms with Gasteiger partial charge in [-0.15, -0.1) is 5.10 Å². The number of carbonyl (C=O) groups is 1. The third kappa shape index (κ3) is 4.83. The van der Waals surface area contributed by atoms with Crippen molar-refractivity contribution >= 4 is 5.91 Å². The lowest BCUT2D eigenvalue weighted by Gasteiger charge is -2.15. The molecule has 3 rings (SSSR count). The Labute approximate surface area is 170 Å². The predicted molar refractivity (Wildman–Crippen MR) is 110 cm³/mol. The fraction of sp³-hybridized carbons (Fsp3) is 0.381. The van der Waals surface area contributed by atoms with E-state index < -0.39 is 0 Å². The van der Waals surface area contributed by atoms with Crippen molar-refractivity contribution in [3.63, 3.8) is 0 Å². The number of hydrogen-bond donors (Lipinski definition) is 1. The number of aromatic nitrogens is 5. The molecule has 1 aromatic carbocycles. The molecule has 0 saturated carbocycles. The minimum atomic E-state index is -0.191. The Kier molecular flexibility index (Phi) is 6.33. The number of tetrazole rings is 1. The number of ether oxygens (including phenoxy) is 1. The number of amides is 1. The van der Waals surface area contributed by atoms with Crippen molar-refractivity contribution < 1.29 is 9.53 Å². The second-order valence-electron chi connectivity index (χ2n) is 7.42. The van der Waals surface area contributed by atoms with E-state index in [4.69, 9.17) is 4.74 Å². The van der Waals surface area contributed by atoms with Crippen molar-refractivity contribution in [3.8, 4) is 16.9 Å². The highest BCUT2D eigenvalue weighted by atomic mass is 16.5. The molecule has 1 amide bonds. The average Bonchev–Trinajstić information content (AvgIpc) is 3.18. The van der Waals surface area contributed by atoms with Crippen LogP contribution in [-0.2, 0) is 4.74 Å². The largest absolute Gasteiger partial charge is 0.383 e. The molecule has 0 aliphatic carbocycles. The van der Waals surface area contributed by atoms with Gasteiger partial charge in [-0.05, 0) is 54.1 Å². The van der Waals surface area contributed by atoms with Crippen molar-refractivity contribution in [2.24, 2.45) is 0 Å². The number of nitrogens with one attached hydrogen (secondary N) is 1. The summed E-state index contributed by atoms with van der Waals surface area (Å²) in [5.74, 6) is 0.659. The van der Waals surface area contributed by atoms with Crippen molar-refractivity contribution in [2.45, 2.75) is 39.7 Å². The van der Waals surface area contributed by atoms with Gasteiger partial charge in [-0.2, -0.15) is 4.68 Å². The Morgan fingerprint density at radius 3 is 2.66 bits per heavy atom. The van der Waals surface area contributed by atoms with E-state index in [0.29, 0.717) is 17.9 Å². The van der Waals surface area contributed by atoms with E-state index in [1.54, 1.807) is 24.1 Å². The smallest absolute Gasteiger partial charge is 0.251 e. The lowest BCUT2D eigenvalue weighted by molar-refractivity contribution is 0.0905. The van der Waals surface area contributed by atoms with Crippen LogP contribution in [0.5, 0.6) is 0 Å². The minimum Gasteiger partial charge on any atom is -0.383 e. The molecule has 0 fully saturated rings. The second kappa shape index (κ2) is 8.91. The third-order valence-electron chi connectivity index (χ3n) is 4.44. The number of carbonyl (C=O) groups excluding carboxylic acids is 1. The summed E-state index contributed by atoms with van der Waals surface area (Å²) in [6, 6.07) is 9.37. The summed E-state index contributed by atoms with van der Waals surface area (Å²) in [5, 5.41) is 15.0. The van der Waals surface area contributed by atoms with Gasteiger partial charge in [0.25, 0.3) is 5.91 Å². The molecule has 0 unspecified atom stereocenters. The number of methoxy groups -OCH3 is 1. The molecule has 0 spiro atoms. The van der Waals surface area contributed by atoms with E-state index in [0.717, 1.165) is 22.6 Å². The minimum absolute atomic E-state index is 0.114. The van der Waals surface area contributed by atoms with E-state index in [-0.39, 0.29) is 17.9 Å². The lowest BCUT2D eigenvalue weighted by atomic mass is 10.0. The number of nitrogens with zero attached hydrogens (tertiary/aromatic N) is 5. The van der Waals surface area contributed by atoms with Crippen molar-refractivity contribution in [1.82, 2.24) is 30.5 Å². The molecule has 29 heavy (non-hydrogen) atoms. The van der Waals surface area contributed by atoms with E-state index in [2.05, 4.69) is 25.8 Å². The van der Waals surface area contributed by atoms with Crippen LogP contribution in [0, 0.1) is 6.92 Å². The first kappa shape index (κ1) is 20.6. The average molecular weight is 394 g/mol. The molecular formula is C21H26N6O2. The number of rotatable bonds is 7. The summed E-state index contributed by atoms with van der Waals surface area (Å²) in [5.41, 5.74) is 3.88. The van der Waals surface area contributed by atoms with Crippen LogP contribution in [-0.4, -0.2) is 50.9 Å². The lowest BCUT2D eigenvalue weighted by Crippen LogP contribution is -2.35. The zero-order valence-corrected chi connectivity index (χ0v) is 17.4. The van der Waals surface area contributed by atoms with Gasteiger partial charge in [0, 0.05) is 36.4 Å². The molecule has 0 radical (unpaired) electrons. The van der Waals surface area contributed by atoms with Gasteiger partial charge in [-0.1, -0.05) is 19.9 Å². The molecule has 0 aliphatic rings. The first-order valence-corrected chi connectivity index (χ1v) is 9.55. The van der Waals surface area contributed by atoms with Crippen LogP contribution >= 0.6 is 0 Å². The van der Waals surface area contributed by atoms with Crippen LogP contribution in [0.3, 0.4) is 0 Å². The summed E-state index contributed by atoms with van der Waals surface area (Å²) >= 11 is 0. The van der Waals surface area contributed by atoms with Gasteiger partial charge in [-0.25, -0.2) is 0 Å². The van der Waals surface area contributed by atoms with Gasteiger partial charge in [0.2, 0.25) is 0 Å². The first-order chi connectivity index (χ1) is 13.9. The molecule has 1 atom stereocenters. The Balaban J connectivity index is 2.08. The fourth-order valence-corrected chi connectivity index (χ4v) is 2.99. The Hall–Kier alpha value is -3.13. The van der Waals surface area contributed by atoms with Crippen LogP contribution in [0.2, 0.25) is 0 Å². The normalized spacial score (nSPS) is 12.2. The first-order valence-electron chi connectivity index (χ1n) is 9.55. The third-order valence-corrected chi connectivity index (χ3v) is 4.44. The number of aryl methyl sites for hydroxylation is 1. The maximum Gasteiger partial charge on any atom is 0.251 e. The van der Waals surface area contributed by atoms with Gasteiger partial charge in [0.1, 0.15) is 0 Å². The van der Waals surface area contributed by atoms with Crippen molar-refractivity contribution in [2.75, 3.05) is 13.7 Å². The van der Waals surface area contributed by atoms with Gasteiger partial charge < -0.3 is 10.1 Å². The summed E-state index contributed by atoms with van der Waals surface area (Å²) in [7, 11) is 1.61. The Morgan fingerprint density at radius 1 is 1.21 bits per heavy atom. The number of pyridine rings is 1. The molecule has 3 aromatic rings. The van der Waals surface area contributed by atoms with Crippen LogP contribution in [0.1, 0.15) is 48.4 Å². The van der Waals surface area contributed by atoms with Crippen LogP contribution in [0.4, 0.5) is 0 Å². The quantitative estimate of drug-likeness (QED) is 0.662. The summed E-state index contributed by atoms with van der Waals surface area (Å²) in [4.78, 5) is 17.4. The Bertz CT molecular complexity index is 981. The number of hydrogen-bond acceptors (Lipinski definition) is 6. The maximum atomic E-state index is 12.9. The second-order valence-corrected chi connectivity index (χ2v) is 7.42. The molecule has 0 saturated heterocycles. The van der Waals surface area contributed by atoms with Crippen LogP contribution < -0.4 is 5.32 Å². The predicted octanol–water partition coefficient (Wildman–Crippen LogP) is 2.92.